The van der Waals surface area contributed by atoms with E-state index in [0.29, 0.717) is 18.7 Å². The highest BCUT2D eigenvalue weighted by molar-refractivity contribution is 7.89. The van der Waals surface area contributed by atoms with Gasteiger partial charge in [-0.05, 0) is 50.5 Å². The van der Waals surface area contributed by atoms with E-state index in [0.717, 1.165) is 19.3 Å². The number of benzene rings is 1. The number of piperidine rings is 1. The molecule has 0 spiro atoms. The first kappa shape index (κ1) is 22.9. The van der Waals surface area contributed by atoms with Gasteiger partial charge in [-0.25, -0.2) is 13.2 Å². The van der Waals surface area contributed by atoms with Crippen molar-refractivity contribution in [2.45, 2.75) is 43.5 Å². The van der Waals surface area contributed by atoms with Crippen LogP contribution >= 0.6 is 0 Å². The molecule has 9 heteroatoms. The first-order valence-electron chi connectivity index (χ1n) is 9.38. The van der Waals surface area contributed by atoms with Crippen molar-refractivity contribution in [2.24, 2.45) is 0 Å². The molecule has 1 aliphatic rings. The molecule has 1 heterocycles. The standard InChI is InChI=1S/C20H28N2O6S/c1-20(2,19(24)28-4)21-18(23)11-9-15-8-10-16(27-3)17(14-15)29(25,26)22-12-6-5-7-13-22/h8-11,14H,5-7,12-13H2,1-4H3,(H,21,23)/b11-9+. The lowest BCUT2D eigenvalue weighted by atomic mass is 10.1. The molecule has 29 heavy (non-hydrogen) atoms. The Kier molecular flexibility index (Phi) is 7.43. The molecule has 1 aromatic carbocycles. The van der Waals surface area contributed by atoms with E-state index in [-0.39, 0.29) is 10.6 Å². The summed E-state index contributed by atoms with van der Waals surface area (Å²) in [5.74, 6) is -0.820. The van der Waals surface area contributed by atoms with Crippen LogP contribution in [0.2, 0.25) is 0 Å². The number of methoxy groups -OCH3 is 2. The van der Waals surface area contributed by atoms with Crippen LogP contribution in [-0.4, -0.2) is 57.4 Å². The molecule has 1 aliphatic heterocycles. The van der Waals surface area contributed by atoms with E-state index in [1.165, 1.54) is 50.6 Å². The van der Waals surface area contributed by atoms with Gasteiger partial charge in [0.2, 0.25) is 15.9 Å². The largest absolute Gasteiger partial charge is 0.495 e. The van der Waals surface area contributed by atoms with E-state index >= 15 is 0 Å². The van der Waals surface area contributed by atoms with Crippen LogP contribution in [0.3, 0.4) is 0 Å². The van der Waals surface area contributed by atoms with E-state index in [1.54, 1.807) is 12.1 Å². The van der Waals surface area contributed by atoms with Crippen molar-refractivity contribution in [2.75, 3.05) is 27.3 Å². The molecule has 0 aliphatic carbocycles. The van der Waals surface area contributed by atoms with Crippen LogP contribution in [0.1, 0.15) is 38.7 Å². The van der Waals surface area contributed by atoms with Gasteiger partial charge in [-0.3, -0.25) is 4.79 Å². The Morgan fingerprint density at radius 3 is 2.38 bits per heavy atom. The lowest BCUT2D eigenvalue weighted by molar-refractivity contribution is -0.148. The van der Waals surface area contributed by atoms with Gasteiger partial charge in [0.05, 0.1) is 14.2 Å². The van der Waals surface area contributed by atoms with Gasteiger partial charge >= 0.3 is 5.97 Å². The van der Waals surface area contributed by atoms with Crippen LogP contribution in [-0.2, 0) is 24.3 Å². The number of nitrogens with one attached hydrogen (secondary N) is 1. The molecule has 0 aromatic heterocycles. The summed E-state index contributed by atoms with van der Waals surface area (Å²) in [5, 5.41) is 2.54. The smallest absolute Gasteiger partial charge is 0.330 e. The average molecular weight is 425 g/mol. The summed E-state index contributed by atoms with van der Waals surface area (Å²) >= 11 is 0. The third kappa shape index (κ3) is 5.57. The molecule has 1 aromatic rings. The van der Waals surface area contributed by atoms with Gasteiger partial charge < -0.3 is 14.8 Å². The Morgan fingerprint density at radius 2 is 1.79 bits per heavy atom. The highest BCUT2D eigenvalue weighted by Crippen LogP contribution is 2.30. The third-order valence-corrected chi connectivity index (χ3v) is 6.60. The number of hydrogen-bond donors (Lipinski definition) is 1. The fourth-order valence-corrected chi connectivity index (χ4v) is 4.78. The van der Waals surface area contributed by atoms with E-state index in [1.807, 2.05) is 0 Å². The van der Waals surface area contributed by atoms with Crippen molar-refractivity contribution < 1.29 is 27.5 Å². The zero-order valence-electron chi connectivity index (χ0n) is 17.2. The second kappa shape index (κ2) is 9.41. The SMILES string of the molecule is COC(=O)C(C)(C)NC(=O)/C=C/c1ccc(OC)c(S(=O)(=O)N2CCCCC2)c1. The van der Waals surface area contributed by atoms with Crippen molar-refractivity contribution in [3.8, 4) is 5.75 Å². The second-order valence-electron chi connectivity index (χ2n) is 7.31. The predicted octanol–water partition coefficient (Wildman–Crippen LogP) is 1.95. The molecule has 160 valence electrons. The summed E-state index contributed by atoms with van der Waals surface area (Å²) in [7, 11) is -1.03. The number of rotatable bonds is 7. The lowest BCUT2D eigenvalue weighted by Gasteiger charge is -2.26. The Hall–Kier alpha value is -2.39. The number of carbonyl (C=O) groups is 2. The molecule has 0 unspecified atom stereocenters. The summed E-state index contributed by atoms with van der Waals surface area (Å²) < 4.78 is 37.5. The van der Waals surface area contributed by atoms with E-state index < -0.39 is 27.4 Å². The van der Waals surface area contributed by atoms with Crippen molar-refractivity contribution in [1.29, 1.82) is 0 Å². The number of ether oxygens (including phenoxy) is 2. The molecule has 0 bridgehead atoms. The second-order valence-corrected chi connectivity index (χ2v) is 9.22. The fourth-order valence-electron chi connectivity index (χ4n) is 3.07. The number of amides is 1. The number of carbonyl (C=O) groups excluding carboxylic acids is 2. The van der Waals surface area contributed by atoms with Crippen molar-refractivity contribution in [3.05, 3.63) is 29.8 Å². The number of nitrogens with zero attached hydrogens (tertiary/aromatic N) is 1. The predicted molar refractivity (Wildman–Crippen MR) is 109 cm³/mol. The minimum Gasteiger partial charge on any atom is -0.495 e. The Morgan fingerprint density at radius 1 is 1.14 bits per heavy atom. The highest BCUT2D eigenvalue weighted by atomic mass is 32.2. The van der Waals surface area contributed by atoms with Crippen molar-refractivity contribution >= 4 is 28.0 Å². The maximum Gasteiger partial charge on any atom is 0.330 e. The van der Waals surface area contributed by atoms with Gasteiger partial charge in [-0.2, -0.15) is 4.31 Å². The Bertz CT molecular complexity index is 886. The van der Waals surface area contributed by atoms with Crippen LogP contribution in [0.25, 0.3) is 6.08 Å². The lowest BCUT2D eigenvalue weighted by Crippen LogP contribution is -2.49. The zero-order valence-corrected chi connectivity index (χ0v) is 18.0. The van der Waals surface area contributed by atoms with Crippen LogP contribution in [0.4, 0.5) is 0 Å². The highest BCUT2D eigenvalue weighted by Gasteiger charge is 2.30. The monoisotopic (exact) mass is 424 g/mol. The van der Waals surface area contributed by atoms with Gasteiger partial charge in [0.15, 0.2) is 0 Å². The quantitative estimate of drug-likeness (QED) is 0.530. The van der Waals surface area contributed by atoms with Crippen LogP contribution in [0.5, 0.6) is 5.75 Å². The summed E-state index contributed by atoms with van der Waals surface area (Å²) in [5.41, 5.74) is -0.661. The van der Waals surface area contributed by atoms with E-state index in [4.69, 9.17) is 4.74 Å². The number of hydrogen-bond acceptors (Lipinski definition) is 6. The number of esters is 1. The van der Waals surface area contributed by atoms with Gasteiger partial charge in [-0.1, -0.05) is 12.5 Å². The van der Waals surface area contributed by atoms with Crippen molar-refractivity contribution in [3.63, 3.8) is 0 Å². The molecular formula is C20H28N2O6S. The molecule has 2 rings (SSSR count). The molecule has 0 saturated carbocycles. The zero-order chi connectivity index (χ0) is 21.7. The van der Waals surface area contributed by atoms with E-state index in [9.17, 15) is 18.0 Å². The molecule has 1 fully saturated rings. The normalized spacial score (nSPS) is 15.9. The summed E-state index contributed by atoms with van der Waals surface area (Å²) in [6.07, 6.45) is 5.40. The van der Waals surface area contributed by atoms with Crippen LogP contribution < -0.4 is 10.1 Å². The molecule has 1 N–H and O–H groups in total. The van der Waals surface area contributed by atoms with Gasteiger partial charge in [0.1, 0.15) is 16.2 Å². The first-order valence-corrected chi connectivity index (χ1v) is 10.8. The molecule has 0 radical (unpaired) electrons. The molecular weight excluding hydrogens is 396 g/mol. The van der Waals surface area contributed by atoms with E-state index in [2.05, 4.69) is 10.1 Å². The molecule has 8 nitrogen and oxygen atoms in total. The fraction of sp³-hybridized carbons (Fsp3) is 0.500. The Balaban J connectivity index is 2.25. The van der Waals surface area contributed by atoms with Gasteiger partial charge in [-0.15, -0.1) is 0 Å². The van der Waals surface area contributed by atoms with Crippen LogP contribution in [0.15, 0.2) is 29.2 Å². The first-order chi connectivity index (χ1) is 13.6. The van der Waals surface area contributed by atoms with Gasteiger partial charge in [0.25, 0.3) is 0 Å². The summed E-state index contributed by atoms with van der Waals surface area (Å²) in [6.45, 7) is 4.02. The molecule has 0 atom stereocenters. The minimum absolute atomic E-state index is 0.0688. The van der Waals surface area contributed by atoms with Crippen molar-refractivity contribution in [1.82, 2.24) is 9.62 Å². The maximum absolute atomic E-state index is 13.0. The summed E-state index contributed by atoms with van der Waals surface area (Å²) in [6, 6.07) is 4.70. The minimum atomic E-state index is -3.70. The topological polar surface area (TPSA) is 102 Å². The maximum atomic E-state index is 13.0. The molecule has 1 amide bonds. The summed E-state index contributed by atoms with van der Waals surface area (Å²) in [4.78, 5) is 23.9. The average Bonchev–Trinajstić information content (AvgIpc) is 2.71. The van der Waals surface area contributed by atoms with Gasteiger partial charge in [0, 0.05) is 19.2 Å². The van der Waals surface area contributed by atoms with Crippen LogP contribution in [0, 0.1) is 0 Å². The number of sulfonamides is 1. The molecule has 1 saturated heterocycles. The Labute approximate surface area is 171 Å². The third-order valence-electron chi connectivity index (χ3n) is 4.68.